The highest BCUT2D eigenvalue weighted by Gasteiger charge is 2.28. The van der Waals surface area contributed by atoms with Gasteiger partial charge in [-0.25, -0.2) is 0 Å². The Labute approximate surface area is 136 Å². The molecule has 0 spiro atoms. The van der Waals surface area contributed by atoms with Gasteiger partial charge in [0.25, 0.3) is 5.91 Å². The quantitative estimate of drug-likeness (QED) is 0.923. The zero-order valence-corrected chi connectivity index (χ0v) is 13.7. The normalized spacial score (nSPS) is 24.4. The minimum atomic E-state index is -0.133. The van der Waals surface area contributed by atoms with E-state index in [0.29, 0.717) is 28.2 Å². The summed E-state index contributed by atoms with van der Waals surface area (Å²) in [6.45, 7) is 4.35. The van der Waals surface area contributed by atoms with Crippen molar-refractivity contribution in [2.24, 2.45) is 11.8 Å². The van der Waals surface area contributed by atoms with E-state index in [1.165, 1.54) is 12.5 Å². The fraction of sp³-hybridized carbons (Fsp3) is 0.529. The van der Waals surface area contributed by atoms with Gasteiger partial charge in [-0.15, -0.1) is 0 Å². The Morgan fingerprint density at radius 1 is 1.45 bits per heavy atom. The van der Waals surface area contributed by atoms with E-state index in [-0.39, 0.29) is 18.6 Å². The molecule has 0 bridgehead atoms. The summed E-state index contributed by atoms with van der Waals surface area (Å²) in [5, 5.41) is 12.2. The van der Waals surface area contributed by atoms with Crippen LogP contribution in [0.4, 0.5) is 0 Å². The summed E-state index contributed by atoms with van der Waals surface area (Å²) in [7, 11) is 0. The van der Waals surface area contributed by atoms with Crippen LogP contribution in [0.3, 0.4) is 0 Å². The maximum Gasteiger partial charge on any atom is 0.258 e. The average molecular weight is 321 g/mol. The van der Waals surface area contributed by atoms with Gasteiger partial charge >= 0.3 is 0 Å². The minimum absolute atomic E-state index is 0.0662. The Hall–Kier alpha value is -1.73. The number of hydrogen-bond acceptors (Lipinski definition) is 3. The smallest absolute Gasteiger partial charge is 0.258 e. The van der Waals surface area contributed by atoms with E-state index in [1.807, 2.05) is 6.07 Å². The van der Waals surface area contributed by atoms with Crippen LogP contribution in [0.15, 0.2) is 18.2 Å². The molecule has 1 amide bonds. The lowest BCUT2D eigenvalue weighted by molar-refractivity contribution is -0.124. The first-order chi connectivity index (χ1) is 10.5. The Kier molecular flexibility index (Phi) is 5.68. The van der Waals surface area contributed by atoms with Gasteiger partial charge < -0.3 is 10.1 Å². The summed E-state index contributed by atoms with van der Waals surface area (Å²) < 4.78 is 5.45. The molecule has 0 radical (unpaired) electrons. The summed E-state index contributed by atoms with van der Waals surface area (Å²) in [4.78, 5) is 12.0. The van der Waals surface area contributed by atoms with E-state index in [9.17, 15) is 4.79 Å². The van der Waals surface area contributed by atoms with Gasteiger partial charge in [0.2, 0.25) is 0 Å². The second kappa shape index (κ2) is 7.51. The number of carbonyl (C=O) groups excluding carboxylic acids is 1. The molecule has 1 aromatic rings. The van der Waals surface area contributed by atoms with Crippen LogP contribution in [0.5, 0.6) is 5.75 Å². The molecule has 1 aliphatic carbocycles. The summed E-state index contributed by atoms with van der Waals surface area (Å²) >= 11 is 6.02. The highest BCUT2D eigenvalue weighted by Crippen LogP contribution is 2.29. The Morgan fingerprint density at radius 2 is 2.23 bits per heavy atom. The first kappa shape index (κ1) is 16.6. The second-order valence-electron chi connectivity index (χ2n) is 5.99. The maximum absolute atomic E-state index is 12.0. The molecule has 0 heterocycles. The molecule has 5 heteroatoms. The topological polar surface area (TPSA) is 62.1 Å². The van der Waals surface area contributed by atoms with Crippen LogP contribution in [-0.4, -0.2) is 18.6 Å². The van der Waals surface area contributed by atoms with Gasteiger partial charge in [0.15, 0.2) is 6.61 Å². The number of ether oxygens (including phenoxy) is 1. The van der Waals surface area contributed by atoms with E-state index in [2.05, 4.69) is 19.2 Å². The lowest BCUT2D eigenvalue weighted by atomic mass is 9.78. The number of nitrogens with one attached hydrogen (secondary N) is 1. The largest absolute Gasteiger partial charge is 0.482 e. The van der Waals surface area contributed by atoms with E-state index >= 15 is 0 Å². The number of hydrogen-bond donors (Lipinski definition) is 1. The van der Waals surface area contributed by atoms with Crippen LogP contribution in [-0.2, 0) is 4.79 Å². The van der Waals surface area contributed by atoms with Crippen LogP contribution in [0.2, 0.25) is 5.02 Å². The molecule has 118 valence electrons. The second-order valence-corrected chi connectivity index (χ2v) is 6.39. The van der Waals surface area contributed by atoms with Gasteiger partial charge in [-0.2, -0.15) is 5.26 Å². The van der Waals surface area contributed by atoms with Crippen molar-refractivity contribution in [3.05, 3.63) is 28.8 Å². The summed E-state index contributed by atoms with van der Waals surface area (Å²) in [5.74, 6) is 1.40. The van der Waals surface area contributed by atoms with Crippen LogP contribution < -0.4 is 10.1 Å². The Balaban J connectivity index is 1.86. The number of carbonyl (C=O) groups is 1. The van der Waals surface area contributed by atoms with E-state index in [4.69, 9.17) is 21.6 Å². The maximum atomic E-state index is 12.0. The highest BCUT2D eigenvalue weighted by molar-refractivity contribution is 6.32. The first-order valence-electron chi connectivity index (χ1n) is 7.63. The van der Waals surface area contributed by atoms with Crippen LogP contribution in [0, 0.1) is 23.2 Å². The SMILES string of the molecule is C[C@H]1[C@@H](NC(=O)COc2ccc(C#N)cc2Cl)CCC[C@@H]1C. The molecule has 2 rings (SSSR count). The molecule has 1 saturated carbocycles. The molecule has 1 aromatic carbocycles. The number of benzene rings is 1. The lowest BCUT2D eigenvalue weighted by Crippen LogP contribution is -2.45. The molecular weight excluding hydrogens is 300 g/mol. The molecule has 4 nitrogen and oxygen atoms in total. The molecule has 1 aliphatic rings. The number of nitriles is 1. The third kappa shape index (κ3) is 4.14. The molecular formula is C17H21ClN2O2. The average Bonchev–Trinajstić information content (AvgIpc) is 2.50. The van der Waals surface area contributed by atoms with Crippen molar-refractivity contribution in [1.82, 2.24) is 5.32 Å². The van der Waals surface area contributed by atoms with Gasteiger partial charge in [-0.1, -0.05) is 38.3 Å². The molecule has 1 fully saturated rings. The fourth-order valence-corrected chi connectivity index (χ4v) is 3.10. The van der Waals surface area contributed by atoms with E-state index in [0.717, 1.165) is 12.8 Å². The number of nitrogens with zero attached hydrogens (tertiary/aromatic N) is 1. The van der Waals surface area contributed by atoms with Crippen molar-refractivity contribution in [3.8, 4) is 11.8 Å². The van der Waals surface area contributed by atoms with Gasteiger partial charge in [0.1, 0.15) is 5.75 Å². The third-order valence-corrected chi connectivity index (χ3v) is 4.77. The van der Waals surface area contributed by atoms with Crippen LogP contribution in [0.1, 0.15) is 38.7 Å². The lowest BCUT2D eigenvalue weighted by Gasteiger charge is -2.34. The molecule has 0 unspecified atom stereocenters. The van der Waals surface area contributed by atoms with Crippen molar-refractivity contribution < 1.29 is 9.53 Å². The summed E-state index contributed by atoms with van der Waals surface area (Å²) in [5.41, 5.74) is 0.465. The number of rotatable bonds is 4. The standard InChI is InChI=1S/C17H21ClN2O2/c1-11-4-3-5-15(12(11)2)20-17(21)10-22-16-7-6-13(9-19)8-14(16)18/h6-8,11-12,15H,3-5,10H2,1-2H3,(H,20,21)/t11-,12+,15-/m0/s1. The predicted molar refractivity (Wildman–Crippen MR) is 85.8 cm³/mol. The molecule has 0 aliphatic heterocycles. The van der Waals surface area contributed by atoms with E-state index < -0.39 is 0 Å². The molecule has 22 heavy (non-hydrogen) atoms. The fourth-order valence-electron chi connectivity index (χ4n) is 2.86. The predicted octanol–water partition coefficient (Wildman–Crippen LogP) is 3.53. The van der Waals surface area contributed by atoms with Crippen molar-refractivity contribution >= 4 is 17.5 Å². The third-order valence-electron chi connectivity index (χ3n) is 4.47. The van der Waals surface area contributed by atoms with Crippen molar-refractivity contribution in [2.45, 2.75) is 39.2 Å². The zero-order chi connectivity index (χ0) is 16.1. The van der Waals surface area contributed by atoms with E-state index in [1.54, 1.807) is 12.1 Å². The molecule has 3 atom stereocenters. The molecule has 0 saturated heterocycles. The van der Waals surface area contributed by atoms with Gasteiger partial charge in [0.05, 0.1) is 16.7 Å². The van der Waals surface area contributed by atoms with Crippen molar-refractivity contribution in [2.75, 3.05) is 6.61 Å². The van der Waals surface area contributed by atoms with Gasteiger partial charge in [-0.05, 0) is 36.5 Å². The summed E-state index contributed by atoms with van der Waals surface area (Å²) in [6.07, 6.45) is 3.40. The zero-order valence-electron chi connectivity index (χ0n) is 12.9. The monoisotopic (exact) mass is 320 g/mol. The van der Waals surface area contributed by atoms with Crippen LogP contribution in [0.25, 0.3) is 0 Å². The first-order valence-corrected chi connectivity index (χ1v) is 8.01. The van der Waals surface area contributed by atoms with Crippen molar-refractivity contribution in [3.63, 3.8) is 0 Å². The van der Waals surface area contributed by atoms with Gasteiger partial charge in [0, 0.05) is 6.04 Å². The van der Waals surface area contributed by atoms with Crippen molar-refractivity contribution in [1.29, 1.82) is 5.26 Å². The van der Waals surface area contributed by atoms with Crippen LogP contribution >= 0.6 is 11.6 Å². The molecule has 0 aromatic heterocycles. The number of halogens is 1. The summed E-state index contributed by atoms with van der Waals surface area (Å²) in [6, 6.07) is 6.98. The minimum Gasteiger partial charge on any atom is -0.482 e. The molecule has 1 N–H and O–H groups in total. The Bertz CT molecular complexity index is 583. The van der Waals surface area contributed by atoms with Gasteiger partial charge in [-0.3, -0.25) is 4.79 Å². The Morgan fingerprint density at radius 3 is 2.91 bits per heavy atom. The number of amides is 1. The highest BCUT2D eigenvalue weighted by atomic mass is 35.5.